The fraction of sp³-hybridized carbons (Fsp3) is 0.273. The van der Waals surface area contributed by atoms with E-state index in [1.54, 1.807) is 0 Å². The zero-order valence-electron chi connectivity index (χ0n) is 13.8. The van der Waals surface area contributed by atoms with E-state index in [1.807, 2.05) is 0 Å². The predicted molar refractivity (Wildman–Crippen MR) is 98.6 cm³/mol. The lowest BCUT2D eigenvalue weighted by atomic mass is 9.92. The van der Waals surface area contributed by atoms with Crippen molar-refractivity contribution in [2.45, 2.75) is 38.6 Å². The second-order valence-corrected chi connectivity index (χ2v) is 6.68. The Kier molecular flexibility index (Phi) is 3.37. The van der Waals surface area contributed by atoms with Crippen LogP contribution in [0, 0.1) is 0 Å². The lowest BCUT2D eigenvalue weighted by molar-refractivity contribution is 0.746. The smallest absolute Gasteiger partial charge is 0.0488 e. The maximum absolute atomic E-state index is 4.32. The Labute approximate surface area is 139 Å². The summed E-state index contributed by atoms with van der Waals surface area (Å²) in [6, 6.07) is 15.5. The molecule has 1 nitrogen and oxygen atoms in total. The summed E-state index contributed by atoms with van der Waals surface area (Å²) in [6.45, 7) is 11.7. The van der Waals surface area contributed by atoms with Gasteiger partial charge in [0.05, 0.1) is 0 Å². The highest BCUT2D eigenvalue weighted by Crippen LogP contribution is 2.42. The number of benzene rings is 2. The van der Waals surface area contributed by atoms with Gasteiger partial charge in [-0.25, -0.2) is 0 Å². The van der Waals surface area contributed by atoms with Crippen LogP contribution in [0.25, 0.3) is 5.70 Å². The topological polar surface area (TPSA) is 3.24 Å². The molecule has 0 saturated heterocycles. The van der Waals surface area contributed by atoms with Gasteiger partial charge in [0, 0.05) is 29.4 Å². The Morgan fingerprint density at radius 1 is 1.17 bits per heavy atom. The third-order valence-electron chi connectivity index (χ3n) is 5.45. The molecule has 1 aliphatic carbocycles. The summed E-state index contributed by atoms with van der Waals surface area (Å²) in [5.74, 6) is 0.558. The van der Waals surface area contributed by atoms with Crippen LogP contribution in [0.15, 0.2) is 61.2 Å². The fourth-order valence-corrected chi connectivity index (χ4v) is 4.04. The lowest BCUT2D eigenvalue weighted by Gasteiger charge is -2.21. The normalized spacial score (nSPS) is 18.9. The van der Waals surface area contributed by atoms with Crippen LogP contribution in [0.3, 0.4) is 0 Å². The summed E-state index contributed by atoms with van der Waals surface area (Å²) < 4.78 is 0. The van der Waals surface area contributed by atoms with Crippen molar-refractivity contribution >= 4 is 11.4 Å². The predicted octanol–water partition coefficient (Wildman–Crippen LogP) is 5.67. The molecule has 1 unspecified atom stereocenters. The number of anilines is 1. The SMILES string of the molecule is C=C(CC)C1CCc2cc(N3Cc4ccccc4C3=C)ccc21. The van der Waals surface area contributed by atoms with E-state index in [1.165, 1.54) is 46.4 Å². The van der Waals surface area contributed by atoms with Gasteiger partial charge < -0.3 is 4.90 Å². The van der Waals surface area contributed by atoms with Gasteiger partial charge in [-0.05, 0) is 48.1 Å². The van der Waals surface area contributed by atoms with Crippen molar-refractivity contribution in [1.82, 2.24) is 0 Å². The van der Waals surface area contributed by atoms with E-state index < -0.39 is 0 Å². The van der Waals surface area contributed by atoms with Gasteiger partial charge in [0.1, 0.15) is 0 Å². The van der Waals surface area contributed by atoms with Gasteiger partial charge in [-0.2, -0.15) is 0 Å². The van der Waals surface area contributed by atoms with Gasteiger partial charge in [0.25, 0.3) is 0 Å². The molecule has 23 heavy (non-hydrogen) atoms. The van der Waals surface area contributed by atoms with Gasteiger partial charge in [-0.15, -0.1) is 0 Å². The second-order valence-electron chi connectivity index (χ2n) is 6.68. The summed E-state index contributed by atoms with van der Waals surface area (Å²) in [5, 5.41) is 0. The molecule has 2 aliphatic rings. The van der Waals surface area contributed by atoms with Gasteiger partial charge in [0.2, 0.25) is 0 Å². The summed E-state index contributed by atoms with van der Waals surface area (Å²) in [5.41, 5.74) is 9.39. The van der Waals surface area contributed by atoms with Crippen LogP contribution in [-0.2, 0) is 13.0 Å². The molecule has 1 heterocycles. The molecule has 1 aliphatic heterocycles. The fourth-order valence-electron chi connectivity index (χ4n) is 4.04. The minimum atomic E-state index is 0.558. The van der Waals surface area contributed by atoms with E-state index in [-0.39, 0.29) is 0 Å². The van der Waals surface area contributed by atoms with Gasteiger partial charge in [0.15, 0.2) is 0 Å². The first-order chi connectivity index (χ1) is 11.2. The third-order valence-corrected chi connectivity index (χ3v) is 5.45. The molecule has 0 radical (unpaired) electrons. The van der Waals surface area contributed by atoms with E-state index >= 15 is 0 Å². The van der Waals surface area contributed by atoms with Crippen LogP contribution in [0.1, 0.15) is 47.9 Å². The number of nitrogens with zero attached hydrogens (tertiary/aromatic N) is 1. The van der Waals surface area contributed by atoms with Crippen molar-refractivity contribution in [2.24, 2.45) is 0 Å². The first-order valence-corrected chi connectivity index (χ1v) is 8.54. The van der Waals surface area contributed by atoms with Crippen LogP contribution in [0.5, 0.6) is 0 Å². The van der Waals surface area contributed by atoms with Crippen LogP contribution in [0.2, 0.25) is 0 Å². The number of hydrogen-bond acceptors (Lipinski definition) is 1. The molecule has 1 atom stereocenters. The largest absolute Gasteiger partial charge is 0.337 e. The molecule has 0 fully saturated rings. The maximum Gasteiger partial charge on any atom is 0.0488 e. The number of fused-ring (bicyclic) bond motifs is 2. The molecule has 1 heteroatoms. The summed E-state index contributed by atoms with van der Waals surface area (Å²) in [4.78, 5) is 2.34. The van der Waals surface area contributed by atoms with E-state index in [0.717, 1.165) is 18.7 Å². The number of aryl methyl sites for hydroxylation is 1. The van der Waals surface area contributed by atoms with Crippen molar-refractivity contribution in [3.63, 3.8) is 0 Å². The molecule has 0 aromatic heterocycles. The number of rotatable bonds is 3. The standard InChI is InChI=1S/C22H23N/c1-4-15(2)20-11-9-17-13-19(10-12-22(17)20)23-14-18-7-5-6-8-21(18)16(23)3/h5-8,10,12-13,20H,2-4,9,11,14H2,1H3. The van der Waals surface area contributed by atoms with Crippen molar-refractivity contribution in [3.05, 3.63) is 83.4 Å². The molecule has 0 amide bonds. The average Bonchev–Trinajstić information content (AvgIpc) is 3.15. The molecule has 2 aromatic rings. The minimum Gasteiger partial charge on any atom is -0.337 e. The molecule has 0 bridgehead atoms. The van der Waals surface area contributed by atoms with E-state index in [0.29, 0.717) is 5.92 Å². The molecular weight excluding hydrogens is 278 g/mol. The van der Waals surface area contributed by atoms with Crippen molar-refractivity contribution < 1.29 is 0 Å². The van der Waals surface area contributed by atoms with Crippen LogP contribution < -0.4 is 4.90 Å². The molecule has 0 spiro atoms. The monoisotopic (exact) mass is 301 g/mol. The Hall–Kier alpha value is -2.28. The highest BCUT2D eigenvalue weighted by Gasteiger charge is 2.27. The molecule has 0 N–H and O–H groups in total. The van der Waals surface area contributed by atoms with Gasteiger partial charge >= 0.3 is 0 Å². The Morgan fingerprint density at radius 3 is 2.78 bits per heavy atom. The van der Waals surface area contributed by atoms with Gasteiger partial charge in [-0.3, -0.25) is 0 Å². The second kappa shape index (κ2) is 5.42. The molecule has 2 aromatic carbocycles. The highest BCUT2D eigenvalue weighted by molar-refractivity contribution is 5.84. The average molecular weight is 301 g/mol. The third kappa shape index (κ3) is 2.23. The van der Waals surface area contributed by atoms with Crippen molar-refractivity contribution in [3.8, 4) is 0 Å². The summed E-state index contributed by atoms with van der Waals surface area (Å²) >= 11 is 0. The van der Waals surface area contributed by atoms with Crippen molar-refractivity contribution in [2.75, 3.05) is 4.90 Å². The molecular formula is C22H23N. The summed E-state index contributed by atoms with van der Waals surface area (Å²) in [6.07, 6.45) is 3.46. The highest BCUT2D eigenvalue weighted by atomic mass is 15.2. The molecule has 4 rings (SSSR count). The van der Waals surface area contributed by atoms with Crippen LogP contribution >= 0.6 is 0 Å². The summed E-state index contributed by atoms with van der Waals surface area (Å²) in [7, 11) is 0. The van der Waals surface area contributed by atoms with E-state index in [4.69, 9.17) is 0 Å². The maximum atomic E-state index is 4.32. The zero-order valence-corrected chi connectivity index (χ0v) is 13.8. The Morgan fingerprint density at radius 2 is 2.00 bits per heavy atom. The van der Waals surface area contributed by atoms with Gasteiger partial charge in [-0.1, -0.05) is 56.0 Å². The minimum absolute atomic E-state index is 0.558. The van der Waals surface area contributed by atoms with Crippen LogP contribution in [-0.4, -0.2) is 0 Å². The van der Waals surface area contributed by atoms with E-state index in [9.17, 15) is 0 Å². The number of allylic oxidation sites excluding steroid dienone is 1. The van der Waals surface area contributed by atoms with Crippen molar-refractivity contribution in [1.29, 1.82) is 0 Å². The Bertz CT molecular complexity index is 799. The number of hydrogen-bond donors (Lipinski definition) is 0. The molecule has 0 saturated carbocycles. The van der Waals surface area contributed by atoms with Crippen LogP contribution in [0.4, 0.5) is 5.69 Å². The van der Waals surface area contributed by atoms with E-state index in [2.05, 4.69) is 67.4 Å². The first kappa shape index (κ1) is 14.3. The molecule has 116 valence electrons. The lowest BCUT2D eigenvalue weighted by Crippen LogP contribution is -2.13. The zero-order chi connectivity index (χ0) is 16.0. The Balaban J connectivity index is 1.66. The quantitative estimate of drug-likeness (QED) is 0.660. The first-order valence-electron chi connectivity index (χ1n) is 8.54.